The van der Waals surface area contributed by atoms with Crippen LogP contribution in [0, 0.1) is 0 Å². The lowest BCUT2D eigenvalue weighted by atomic mass is 10.0. The summed E-state index contributed by atoms with van der Waals surface area (Å²) in [6, 6.07) is 15.3. The van der Waals surface area contributed by atoms with E-state index in [1.54, 1.807) is 0 Å². The molecule has 2 atom stereocenters. The number of hydrogen-bond donors (Lipinski definition) is 1. The van der Waals surface area contributed by atoms with Crippen LogP contribution in [-0.2, 0) is 6.18 Å². The van der Waals surface area contributed by atoms with Crippen molar-refractivity contribution < 1.29 is 13.2 Å². The fraction of sp³-hybridized carbons (Fsp3) is 0.294. The summed E-state index contributed by atoms with van der Waals surface area (Å²) in [5, 5.41) is 3.39. The summed E-state index contributed by atoms with van der Waals surface area (Å²) in [7, 11) is 0. The van der Waals surface area contributed by atoms with Crippen molar-refractivity contribution in [1.82, 2.24) is 5.32 Å². The average molecular weight is 293 g/mol. The van der Waals surface area contributed by atoms with Gasteiger partial charge in [0.25, 0.3) is 0 Å². The minimum absolute atomic E-state index is 0.0255. The quantitative estimate of drug-likeness (QED) is 0.825. The molecule has 0 bridgehead atoms. The third-order valence-electron chi connectivity index (χ3n) is 3.54. The largest absolute Gasteiger partial charge is 0.416 e. The molecule has 1 nitrogen and oxygen atoms in total. The molecule has 0 fully saturated rings. The maximum absolute atomic E-state index is 12.5. The second-order valence-corrected chi connectivity index (χ2v) is 5.14. The lowest BCUT2D eigenvalue weighted by molar-refractivity contribution is -0.137. The predicted octanol–water partition coefficient (Wildman–Crippen LogP) is 5.12. The van der Waals surface area contributed by atoms with Crippen molar-refractivity contribution in [3.63, 3.8) is 0 Å². The third-order valence-corrected chi connectivity index (χ3v) is 3.54. The summed E-state index contributed by atoms with van der Waals surface area (Å²) in [5.41, 5.74) is 1.37. The first-order valence-electron chi connectivity index (χ1n) is 6.86. The van der Waals surface area contributed by atoms with E-state index in [9.17, 15) is 13.2 Å². The van der Waals surface area contributed by atoms with Crippen LogP contribution in [0.2, 0.25) is 0 Å². The molecule has 2 aromatic carbocycles. The molecule has 0 amide bonds. The summed E-state index contributed by atoms with van der Waals surface area (Å²) in [5.74, 6) is 0. The standard InChI is InChI=1S/C17H18F3N/c1-12(14-6-4-3-5-7-14)21-13(2)15-8-10-16(11-9-15)17(18,19)20/h3-13,21H,1-2H3. The van der Waals surface area contributed by atoms with Gasteiger partial charge in [-0.1, -0.05) is 42.5 Å². The van der Waals surface area contributed by atoms with Gasteiger partial charge in [0, 0.05) is 12.1 Å². The number of nitrogens with one attached hydrogen (secondary N) is 1. The van der Waals surface area contributed by atoms with Crippen molar-refractivity contribution in [2.45, 2.75) is 32.1 Å². The lowest BCUT2D eigenvalue weighted by Crippen LogP contribution is -2.22. The van der Waals surface area contributed by atoms with Crippen molar-refractivity contribution in [2.75, 3.05) is 0 Å². The Morgan fingerprint density at radius 3 is 1.71 bits per heavy atom. The number of alkyl halides is 3. The Morgan fingerprint density at radius 2 is 1.24 bits per heavy atom. The molecule has 0 radical (unpaired) electrons. The maximum Gasteiger partial charge on any atom is 0.416 e. The molecule has 0 aromatic heterocycles. The Hall–Kier alpha value is -1.81. The molecule has 0 saturated carbocycles. The Labute approximate surface area is 122 Å². The summed E-state index contributed by atoms with van der Waals surface area (Å²) in [4.78, 5) is 0. The van der Waals surface area contributed by atoms with Gasteiger partial charge in [-0.15, -0.1) is 0 Å². The molecule has 0 heterocycles. The van der Waals surface area contributed by atoms with Gasteiger partial charge >= 0.3 is 6.18 Å². The fourth-order valence-corrected chi connectivity index (χ4v) is 2.27. The van der Waals surface area contributed by atoms with Crippen LogP contribution in [0.5, 0.6) is 0 Å². The van der Waals surface area contributed by atoms with Crippen LogP contribution in [0.1, 0.15) is 42.6 Å². The molecule has 2 unspecified atom stereocenters. The molecule has 4 heteroatoms. The van der Waals surface area contributed by atoms with E-state index in [-0.39, 0.29) is 12.1 Å². The van der Waals surface area contributed by atoms with Gasteiger partial charge in [-0.2, -0.15) is 13.2 Å². The molecule has 2 rings (SSSR count). The van der Waals surface area contributed by atoms with Gasteiger partial charge in [0.2, 0.25) is 0 Å². The van der Waals surface area contributed by atoms with Crippen LogP contribution >= 0.6 is 0 Å². The number of hydrogen-bond acceptors (Lipinski definition) is 1. The normalized spacial score (nSPS) is 14.7. The van der Waals surface area contributed by atoms with Crippen LogP contribution < -0.4 is 5.32 Å². The van der Waals surface area contributed by atoms with Crippen LogP contribution in [0.4, 0.5) is 13.2 Å². The van der Waals surface area contributed by atoms with Gasteiger partial charge in [0.05, 0.1) is 5.56 Å². The van der Waals surface area contributed by atoms with E-state index in [4.69, 9.17) is 0 Å². The van der Waals surface area contributed by atoms with Gasteiger partial charge in [0.15, 0.2) is 0 Å². The predicted molar refractivity (Wildman–Crippen MR) is 77.9 cm³/mol. The zero-order chi connectivity index (χ0) is 15.5. The Kier molecular flexibility index (Phi) is 4.68. The smallest absolute Gasteiger partial charge is 0.304 e. The van der Waals surface area contributed by atoms with Gasteiger partial charge < -0.3 is 5.32 Å². The highest BCUT2D eigenvalue weighted by molar-refractivity contribution is 5.27. The van der Waals surface area contributed by atoms with Crippen molar-refractivity contribution in [3.05, 3.63) is 71.3 Å². The van der Waals surface area contributed by atoms with Gasteiger partial charge in [-0.3, -0.25) is 0 Å². The molecule has 0 spiro atoms. The molecule has 2 aromatic rings. The molecule has 1 N–H and O–H groups in total. The first-order chi connectivity index (χ1) is 9.88. The second kappa shape index (κ2) is 6.31. The highest BCUT2D eigenvalue weighted by Crippen LogP contribution is 2.30. The molecule has 0 aliphatic rings. The van der Waals surface area contributed by atoms with Crippen molar-refractivity contribution in [1.29, 1.82) is 0 Å². The van der Waals surface area contributed by atoms with Crippen LogP contribution in [-0.4, -0.2) is 0 Å². The Bertz CT molecular complexity index is 561. The fourth-order valence-electron chi connectivity index (χ4n) is 2.27. The first-order valence-corrected chi connectivity index (χ1v) is 6.86. The van der Waals surface area contributed by atoms with E-state index in [1.165, 1.54) is 12.1 Å². The zero-order valence-electron chi connectivity index (χ0n) is 12.0. The highest BCUT2D eigenvalue weighted by atomic mass is 19.4. The van der Waals surface area contributed by atoms with Crippen LogP contribution in [0.15, 0.2) is 54.6 Å². The number of benzene rings is 2. The molecule has 0 saturated heterocycles. The average Bonchev–Trinajstić information content (AvgIpc) is 2.47. The van der Waals surface area contributed by atoms with Gasteiger partial charge in [0.1, 0.15) is 0 Å². The summed E-state index contributed by atoms with van der Waals surface area (Å²) in [6.45, 7) is 3.98. The molecular formula is C17H18F3N. The van der Waals surface area contributed by atoms with E-state index in [2.05, 4.69) is 5.32 Å². The van der Waals surface area contributed by atoms with Crippen LogP contribution in [0.25, 0.3) is 0 Å². The molecule has 0 aliphatic carbocycles. The van der Waals surface area contributed by atoms with Crippen molar-refractivity contribution >= 4 is 0 Å². The van der Waals surface area contributed by atoms with E-state index in [1.807, 2.05) is 44.2 Å². The summed E-state index contributed by atoms with van der Waals surface area (Å²) >= 11 is 0. The third kappa shape index (κ3) is 4.08. The minimum atomic E-state index is -4.29. The molecular weight excluding hydrogens is 275 g/mol. The SMILES string of the molecule is CC(NC(C)c1ccc(C(F)(F)F)cc1)c1ccccc1. The van der Waals surface area contributed by atoms with Crippen molar-refractivity contribution in [3.8, 4) is 0 Å². The number of halogens is 3. The lowest BCUT2D eigenvalue weighted by Gasteiger charge is -2.21. The topological polar surface area (TPSA) is 12.0 Å². The number of rotatable bonds is 4. The molecule has 21 heavy (non-hydrogen) atoms. The van der Waals surface area contributed by atoms with Gasteiger partial charge in [-0.05, 0) is 37.1 Å². The monoisotopic (exact) mass is 293 g/mol. The van der Waals surface area contributed by atoms with Gasteiger partial charge in [-0.25, -0.2) is 0 Å². The first kappa shape index (κ1) is 15.6. The van der Waals surface area contributed by atoms with E-state index >= 15 is 0 Å². The maximum atomic E-state index is 12.5. The van der Waals surface area contributed by atoms with E-state index in [0.717, 1.165) is 23.3 Å². The summed E-state index contributed by atoms with van der Waals surface area (Å²) < 4.78 is 37.6. The van der Waals surface area contributed by atoms with Crippen LogP contribution in [0.3, 0.4) is 0 Å². The van der Waals surface area contributed by atoms with E-state index < -0.39 is 11.7 Å². The zero-order valence-corrected chi connectivity index (χ0v) is 12.0. The second-order valence-electron chi connectivity index (χ2n) is 5.14. The van der Waals surface area contributed by atoms with Crippen molar-refractivity contribution in [2.24, 2.45) is 0 Å². The summed E-state index contributed by atoms with van der Waals surface area (Å²) in [6.07, 6.45) is -4.29. The molecule has 0 aliphatic heterocycles. The highest BCUT2D eigenvalue weighted by Gasteiger charge is 2.30. The Balaban J connectivity index is 2.05. The minimum Gasteiger partial charge on any atom is -0.304 e. The molecule has 112 valence electrons. The Morgan fingerprint density at radius 1 is 0.762 bits per heavy atom. The van der Waals surface area contributed by atoms with E-state index in [0.29, 0.717) is 0 Å².